The van der Waals surface area contributed by atoms with Crippen LogP contribution in [0.2, 0.25) is 0 Å². The van der Waals surface area contributed by atoms with Gasteiger partial charge in [0.1, 0.15) is 11.6 Å². The standard InChI is InChI=1S/C19H30N6O/c1-7-8-15-21-17(14-10-20-24(6)18(14)22-15)23(5)11-13-9-16(26)25(12-13)19(2,3)4/h10,13H,7-9,11-12H2,1-6H3. The highest BCUT2D eigenvalue weighted by Crippen LogP contribution is 2.29. The van der Waals surface area contributed by atoms with Gasteiger partial charge in [0.05, 0.1) is 11.6 Å². The predicted molar refractivity (Wildman–Crippen MR) is 103 cm³/mol. The second-order valence-electron chi connectivity index (χ2n) is 8.34. The van der Waals surface area contributed by atoms with Crippen molar-refractivity contribution in [3.05, 3.63) is 12.0 Å². The van der Waals surface area contributed by atoms with Crippen molar-refractivity contribution in [1.29, 1.82) is 0 Å². The van der Waals surface area contributed by atoms with Gasteiger partial charge in [0.2, 0.25) is 5.91 Å². The zero-order valence-corrected chi connectivity index (χ0v) is 16.8. The molecule has 3 rings (SSSR count). The van der Waals surface area contributed by atoms with Crippen molar-refractivity contribution >= 4 is 22.8 Å². The van der Waals surface area contributed by atoms with Gasteiger partial charge in [-0.05, 0) is 27.2 Å². The van der Waals surface area contributed by atoms with Crippen molar-refractivity contribution in [1.82, 2.24) is 24.6 Å². The third-order valence-electron chi connectivity index (χ3n) is 5.00. The first-order chi connectivity index (χ1) is 12.2. The van der Waals surface area contributed by atoms with E-state index in [0.29, 0.717) is 12.3 Å². The van der Waals surface area contributed by atoms with Gasteiger partial charge < -0.3 is 9.80 Å². The number of hydrogen-bond donors (Lipinski definition) is 0. The summed E-state index contributed by atoms with van der Waals surface area (Å²) in [5, 5.41) is 5.32. The molecular weight excluding hydrogens is 328 g/mol. The maximum atomic E-state index is 12.4. The summed E-state index contributed by atoms with van der Waals surface area (Å²) >= 11 is 0. The molecule has 1 unspecified atom stereocenters. The minimum Gasteiger partial charge on any atom is -0.359 e. The zero-order chi connectivity index (χ0) is 19.1. The highest BCUT2D eigenvalue weighted by atomic mass is 16.2. The summed E-state index contributed by atoms with van der Waals surface area (Å²) < 4.78 is 1.80. The lowest BCUT2D eigenvalue weighted by Gasteiger charge is -2.32. The van der Waals surface area contributed by atoms with E-state index in [9.17, 15) is 4.79 Å². The molecule has 26 heavy (non-hydrogen) atoms. The van der Waals surface area contributed by atoms with E-state index in [0.717, 1.165) is 48.6 Å². The Morgan fingerprint density at radius 1 is 1.31 bits per heavy atom. The molecule has 0 N–H and O–H groups in total. The lowest BCUT2D eigenvalue weighted by molar-refractivity contribution is -0.131. The van der Waals surface area contributed by atoms with Crippen LogP contribution in [0.5, 0.6) is 0 Å². The smallest absolute Gasteiger partial charge is 0.223 e. The SMILES string of the molecule is CCCc1nc(N(C)CC2CC(=O)N(C(C)(C)C)C2)c2cnn(C)c2n1. The van der Waals surface area contributed by atoms with E-state index in [4.69, 9.17) is 4.98 Å². The number of nitrogens with zero attached hydrogens (tertiary/aromatic N) is 6. The summed E-state index contributed by atoms with van der Waals surface area (Å²) in [5.74, 6) is 2.32. The van der Waals surface area contributed by atoms with Gasteiger partial charge in [-0.25, -0.2) is 9.97 Å². The van der Waals surface area contributed by atoms with Crippen molar-refractivity contribution in [2.75, 3.05) is 25.0 Å². The van der Waals surface area contributed by atoms with Gasteiger partial charge >= 0.3 is 0 Å². The summed E-state index contributed by atoms with van der Waals surface area (Å²) in [6.45, 7) is 10.0. The van der Waals surface area contributed by atoms with Crippen LogP contribution in [0.1, 0.15) is 46.4 Å². The molecule has 1 aliphatic heterocycles. The van der Waals surface area contributed by atoms with Crippen LogP contribution >= 0.6 is 0 Å². The molecule has 0 aliphatic carbocycles. The van der Waals surface area contributed by atoms with Crippen LogP contribution in [0, 0.1) is 5.92 Å². The number of aryl methyl sites for hydroxylation is 2. The third-order valence-corrected chi connectivity index (χ3v) is 5.00. The molecule has 0 spiro atoms. The fourth-order valence-corrected chi connectivity index (χ4v) is 3.70. The minimum absolute atomic E-state index is 0.121. The Hall–Kier alpha value is -2.18. The molecule has 1 saturated heterocycles. The monoisotopic (exact) mass is 358 g/mol. The number of hydrogen-bond acceptors (Lipinski definition) is 5. The molecular formula is C19H30N6O. The molecule has 0 aromatic carbocycles. The number of aromatic nitrogens is 4. The van der Waals surface area contributed by atoms with Gasteiger partial charge in [-0.2, -0.15) is 5.10 Å². The maximum Gasteiger partial charge on any atom is 0.223 e. The Kier molecular flexibility index (Phi) is 4.90. The van der Waals surface area contributed by atoms with Gasteiger partial charge in [0, 0.05) is 51.5 Å². The van der Waals surface area contributed by atoms with Crippen LogP contribution in [-0.4, -0.2) is 56.2 Å². The molecule has 7 heteroatoms. The van der Waals surface area contributed by atoms with E-state index in [-0.39, 0.29) is 11.4 Å². The fourth-order valence-electron chi connectivity index (χ4n) is 3.70. The number of fused-ring (bicyclic) bond motifs is 1. The van der Waals surface area contributed by atoms with Gasteiger partial charge in [-0.3, -0.25) is 9.48 Å². The first-order valence-corrected chi connectivity index (χ1v) is 9.41. The van der Waals surface area contributed by atoms with Crippen molar-refractivity contribution in [3.63, 3.8) is 0 Å². The Morgan fingerprint density at radius 2 is 2.04 bits per heavy atom. The fraction of sp³-hybridized carbons (Fsp3) is 0.684. The van der Waals surface area contributed by atoms with Gasteiger partial charge in [-0.1, -0.05) is 6.92 Å². The minimum atomic E-state index is -0.121. The molecule has 142 valence electrons. The Labute approximate surface area is 155 Å². The third kappa shape index (κ3) is 3.52. The average Bonchev–Trinajstić information content (AvgIpc) is 3.10. The molecule has 0 saturated carbocycles. The quantitative estimate of drug-likeness (QED) is 0.821. The van der Waals surface area contributed by atoms with Crippen molar-refractivity contribution < 1.29 is 4.79 Å². The molecule has 0 bridgehead atoms. The van der Waals surface area contributed by atoms with E-state index in [1.54, 1.807) is 4.68 Å². The second-order valence-corrected chi connectivity index (χ2v) is 8.34. The van der Waals surface area contributed by atoms with Crippen molar-refractivity contribution in [3.8, 4) is 0 Å². The average molecular weight is 358 g/mol. The van der Waals surface area contributed by atoms with E-state index < -0.39 is 0 Å². The Morgan fingerprint density at radius 3 is 2.65 bits per heavy atom. The van der Waals surface area contributed by atoms with Crippen LogP contribution in [-0.2, 0) is 18.3 Å². The number of carbonyl (C=O) groups excluding carboxylic acids is 1. The summed E-state index contributed by atoms with van der Waals surface area (Å²) in [7, 11) is 3.96. The number of carbonyl (C=O) groups is 1. The van der Waals surface area contributed by atoms with E-state index in [1.807, 2.05) is 18.1 Å². The van der Waals surface area contributed by atoms with Crippen LogP contribution in [0.3, 0.4) is 0 Å². The van der Waals surface area contributed by atoms with Gasteiger partial charge in [-0.15, -0.1) is 0 Å². The summed E-state index contributed by atoms with van der Waals surface area (Å²) in [6.07, 6.45) is 4.29. The molecule has 7 nitrogen and oxygen atoms in total. The molecule has 2 aromatic rings. The van der Waals surface area contributed by atoms with E-state index in [1.165, 1.54) is 0 Å². The second kappa shape index (κ2) is 6.85. The normalized spacial score (nSPS) is 18.2. The van der Waals surface area contributed by atoms with Gasteiger partial charge in [0.15, 0.2) is 5.65 Å². The molecule has 1 amide bonds. The predicted octanol–water partition coefficient (Wildman–Crippen LogP) is 2.40. The molecule has 1 fully saturated rings. The summed E-state index contributed by atoms with van der Waals surface area (Å²) in [6, 6.07) is 0. The Balaban J connectivity index is 1.84. The van der Waals surface area contributed by atoms with Crippen LogP contribution in [0.25, 0.3) is 11.0 Å². The highest BCUT2D eigenvalue weighted by Gasteiger charge is 2.36. The lowest BCUT2D eigenvalue weighted by Crippen LogP contribution is -2.42. The molecule has 3 heterocycles. The summed E-state index contributed by atoms with van der Waals surface area (Å²) in [5.41, 5.74) is 0.744. The summed E-state index contributed by atoms with van der Waals surface area (Å²) in [4.78, 5) is 26.0. The first-order valence-electron chi connectivity index (χ1n) is 9.41. The number of amides is 1. The van der Waals surface area contributed by atoms with Crippen molar-refractivity contribution in [2.45, 2.75) is 52.5 Å². The Bertz CT molecular complexity index is 806. The van der Waals surface area contributed by atoms with Crippen LogP contribution in [0.4, 0.5) is 5.82 Å². The first kappa shape index (κ1) is 18.6. The topological polar surface area (TPSA) is 67.2 Å². The maximum absolute atomic E-state index is 12.4. The highest BCUT2D eigenvalue weighted by molar-refractivity contribution is 5.87. The van der Waals surface area contributed by atoms with Gasteiger partial charge in [0.25, 0.3) is 0 Å². The lowest BCUT2D eigenvalue weighted by atomic mass is 10.1. The van der Waals surface area contributed by atoms with Crippen molar-refractivity contribution in [2.24, 2.45) is 13.0 Å². The molecule has 0 radical (unpaired) electrons. The van der Waals surface area contributed by atoms with E-state index in [2.05, 4.69) is 49.7 Å². The van der Waals surface area contributed by atoms with Crippen LogP contribution < -0.4 is 4.90 Å². The zero-order valence-electron chi connectivity index (χ0n) is 16.8. The molecule has 1 atom stereocenters. The molecule has 2 aromatic heterocycles. The number of likely N-dealkylation sites (tertiary alicyclic amines) is 1. The number of anilines is 1. The number of rotatable bonds is 5. The molecule has 1 aliphatic rings. The largest absolute Gasteiger partial charge is 0.359 e. The van der Waals surface area contributed by atoms with E-state index >= 15 is 0 Å². The van der Waals surface area contributed by atoms with Crippen LogP contribution in [0.15, 0.2) is 6.20 Å².